The van der Waals surface area contributed by atoms with Crippen LogP contribution in [0.2, 0.25) is 19.6 Å². The zero-order valence-corrected chi connectivity index (χ0v) is 12.2. The fraction of sp³-hybridized carbons (Fsp3) is 0.400. The van der Waals surface area contributed by atoms with Gasteiger partial charge in [-0.25, -0.2) is 4.39 Å². The highest BCUT2D eigenvalue weighted by molar-refractivity contribution is 7.88. The maximum atomic E-state index is 13.1. The standard InChI is InChI=1S/C10H12F4O3SSi/c1-19(2,3)9-6-7(11)4-5-8(9)17-18(15,16)10(12,13)14/h4-6H,1-3H3. The van der Waals surface area contributed by atoms with Crippen molar-refractivity contribution in [1.82, 2.24) is 0 Å². The molecule has 0 bridgehead atoms. The van der Waals surface area contributed by atoms with E-state index in [0.29, 0.717) is 0 Å². The molecular weight excluding hydrogens is 304 g/mol. The van der Waals surface area contributed by atoms with Gasteiger partial charge in [-0.05, 0) is 23.4 Å². The van der Waals surface area contributed by atoms with E-state index in [0.717, 1.165) is 18.2 Å². The fourth-order valence-corrected chi connectivity index (χ4v) is 3.32. The molecule has 0 fully saturated rings. The Morgan fingerprint density at radius 3 is 2.11 bits per heavy atom. The molecule has 0 saturated heterocycles. The molecule has 108 valence electrons. The van der Waals surface area contributed by atoms with Gasteiger partial charge in [-0.1, -0.05) is 19.6 Å². The second-order valence-corrected chi connectivity index (χ2v) is 11.5. The number of hydrogen-bond donors (Lipinski definition) is 0. The summed E-state index contributed by atoms with van der Waals surface area (Å²) < 4.78 is 75.9. The Kier molecular flexibility index (Phi) is 4.02. The van der Waals surface area contributed by atoms with Gasteiger partial charge in [-0.15, -0.1) is 0 Å². The first-order valence-electron chi connectivity index (χ1n) is 5.15. The van der Waals surface area contributed by atoms with E-state index in [4.69, 9.17) is 0 Å². The first-order chi connectivity index (χ1) is 8.34. The van der Waals surface area contributed by atoms with Gasteiger partial charge in [0.1, 0.15) is 11.6 Å². The Balaban J connectivity index is 3.31. The summed E-state index contributed by atoms with van der Waals surface area (Å²) >= 11 is 0. The smallest absolute Gasteiger partial charge is 0.376 e. The lowest BCUT2D eigenvalue weighted by Crippen LogP contribution is -2.40. The third-order valence-electron chi connectivity index (χ3n) is 2.23. The molecule has 0 N–H and O–H groups in total. The lowest BCUT2D eigenvalue weighted by atomic mass is 10.3. The van der Waals surface area contributed by atoms with Gasteiger partial charge in [-0.2, -0.15) is 21.6 Å². The van der Waals surface area contributed by atoms with Crippen molar-refractivity contribution in [3.05, 3.63) is 24.0 Å². The van der Waals surface area contributed by atoms with Crippen LogP contribution in [0.25, 0.3) is 0 Å². The molecule has 19 heavy (non-hydrogen) atoms. The molecular formula is C10H12F4O3SSi. The highest BCUT2D eigenvalue weighted by atomic mass is 32.2. The average Bonchev–Trinajstić information content (AvgIpc) is 2.17. The zero-order valence-electron chi connectivity index (χ0n) is 10.4. The quantitative estimate of drug-likeness (QED) is 0.373. The highest BCUT2D eigenvalue weighted by Crippen LogP contribution is 2.27. The van der Waals surface area contributed by atoms with E-state index in [-0.39, 0.29) is 5.19 Å². The summed E-state index contributed by atoms with van der Waals surface area (Å²) in [5, 5.41) is 0.167. The molecule has 0 aromatic heterocycles. The second kappa shape index (κ2) is 4.78. The molecule has 0 radical (unpaired) electrons. The first kappa shape index (κ1) is 16.0. The highest BCUT2D eigenvalue weighted by Gasteiger charge is 2.49. The molecule has 9 heteroatoms. The van der Waals surface area contributed by atoms with E-state index < -0.39 is 35.3 Å². The Hall–Kier alpha value is -1.09. The molecule has 0 heterocycles. The molecule has 0 amide bonds. The van der Waals surface area contributed by atoms with Crippen LogP contribution in [0.3, 0.4) is 0 Å². The van der Waals surface area contributed by atoms with Crippen molar-refractivity contribution >= 4 is 23.4 Å². The third kappa shape index (κ3) is 3.69. The van der Waals surface area contributed by atoms with E-state index in [1.807, 2.05) is 0 Å². The number of alkyl halides is 3. The summed E-state index contributed by atoms with van der Waals surface area (Å²) in [4.78, 5) is 0. The van der Waals surface area contributed by atoms with Gasteiger partial charge in [0.2, 0.25) is 0 Å². The topological polar surface area (TPSA) is 43.4 Å². The molecule has 1 aromatic rings. The second-order valence-electron chi connectivity index (χ2n) is 4.87. The van der Waals surface area contributed by atoms with Crippen LogP contribution in [0.15, 0.2) is 18.2 Å². The summed E-state index contributed by atoms with van der Waals surface area (Å²) in [6.07, 6.45) is 0. The van der Waals surface area contributed by atoms with E-state index >= 15 is 0 Å². The van der Waals surface area contributed by atoms with Crippen molar-refractivity contribution in [2.45, 2.75) is 25.1 Å². The molecule has 3 nitrogen and oxygen atoms in total. The van der Waals surface area contributed by atoms with Gasteiger partial charge >= 0.3 is 15.6 Å². The summed E-state index contributed by atoms with van der Waals surface area (Å²) in [6.45, 7) is 5.19. The van der Waals surface area contributed by atoms with Crippen molar-refractivity contribution in [3.8, 4) is 5.75 Å². The fourth-order valence-electron chi connectivity index (χ4n) is 1.33. The van der Waals surface area contributed by atoms with Gasteiger partial charge in [-0.3, -0.25) is 0 Å². The lowest BCUT2D eigenvalue weighted by molar-refractivity contribution is -0.0499. The van der Waals surface area contributed by atoms with E-state index in [1.165, 1.54) is 0 Å². The lowest BCUT2D eigenvalue weighted by Gasteiger charge is -2.21. The Morgan fingerprint density at radius 2 is 1.68 bits per heavy atom. The molecule has 1 rings (SSSR count). The number of hydrogen-bond acceptors (Lipinski definition) is 3. The molecule has 0 atom stereocenters. The minimum Gasteiger partial charge on any atom is -0.376 e. The van der Waals surface area contributed by atoms with Crippen molar-refractivity contribution in [2.75, 3.05) is 0 Å². The minimum absolute atomic E-state index is 0.167. The minimum atomic E-state index is -5.75. The Bertz CT molecular complexity index is 575. The van der Waals surface area contributed by atoms with Crippen molar-refractivity contribution in [3.63, 3.8) is 0 Å². The largest absolute Gasteiger partial charge is 0.534 e. The summed E-state index contributed by atoms with van der Waals surface area (Å²) in [6, 6.07) is 2.75. The van der Waals surface area contributed by atoms with Crippen molar-refractivity contribution < 1.29 is 30.2 Å². The normalized spacial score (nSPS) is 13.4. The molecule has 0 aliphatic rings. The number of halogens is 4. The van der Waals surface area contributed by atoms with Crippen LogP contribution in [0.1, 0.15) is 0 Å². The SMILES string of the molecule is C[Si](C)(C)c1cc(F)ccc1OS(=O)(=O)C(F)(F)F. The monoisotopic (exact) mass is 316 g/mol. The molecule has 1 aromatic carbocycles. The van der Waals surface area contributed by atoms with Gasteiger partial charge in [0.05, 0.1) is 8.07 Å². The maximum Gasteiger partial charge on any atom is 0.534 e. The van der Waals surface area contributed by atoms with Gasteiger partial charge < -0.3 is 4.18 Å². The predicted molar refractivity (Wildman–Crippen MR) is 65.0 cm³/mol. The van der Waals surface area contributed by atoms with Gasteiger partial charge in [0, 0.05) is 0 Å². The van der Waals surface area contributed by atoms with Crippen LogP contribution in [-0.4, -0.2) is 22.0 Å². The zero-order chi connectivity index (χ0) is 15.1. The average molecular weight is 316 g/mol. The first-order valence-corrected chi connectivity index (χ1v) is 10.1. The van der Waals surface area contributed by atoms with Crippen LogP contribution in [0.4, 0.5) is 17.6 Å². The van der Waals surface area contributed by atoms with E-state index in [2.05, 4.69) is 4.18 Å². The van der Waals surface area contributed by atoms with Crippen LogP contribution >= 0.6 is 0 Å². The summed E-state index contributed by atoms with van der Waals surface area (Å²) in [5.41, 5.74) is -5.52. The molecule has 0 aliphatic heterocycles. The van der Waals surface area contributed by atoms with E-state index in [1.54, 1.807) is 19.6 Å². The third-order valence-corrected chi connectivity index (χ3v) is 5.21. The van der Waals surface area contributed by atoms with Crippen LogP contribution in [-0.2, 0) is 10.1 Å². The number of rotatable bonds is 3. The Morgan fingerprint density at radius 1 is 1.16 bits per heavy atom. The van der Waals surface area contributed by atoms with Gasteiger partial charge in [0.25, 0.3) is 0 Å². The van der Waals surface area contributed by atoms with Crippen molar-refractivity contribution in [1.29, 1.82) is 0 Å². The predicted octanol–water partition coefficient (Wildman–Crippen LogP) is 2.60. The summed E-state index contributed by atoms with van der Waals surface area (Å²) in [7, 11) is -8.01. The van der Waals surface area contributed by atoms with E-state index in [9.17, 15) is 26.0 Å². The molecule has 0 spiro atoms. The molecule has 0 saturated carbocycles. The number of benzene rings is 1. The Labute approximate surface area is 109 Å². The van der Waals surface area contributed by atoms with Gasteiger partial charge in [0.15, 0.2) is 0 Å². The molecule has 0 unspecified atom stereocenters. The van der Waals surface area contributed by atoms with Crippen LogP contribution in [0, 0.1) is 5.82 Å². The summed E-state index contributed by atoms with van der Waals surface area (Å²) in [5.74, 6) is -1.13. The maximum absolute atomic E-state index is 13.1. The molecule has 0 aliphatic carbocycles. The van der Waals surface area contributed by atoms with Crippen molar-refractivity contribution in [2.24, 2.45) is 0 Å². The van der Waals surface area contributed by atoms with Crippen LogP contribution < -0.4 is 9.37 Å². The van der Waals surface area contributed by atoms with Crippen LogP contribution in [0.5, 0.6) is 5.75 Å².